The van der Waals surface area contributed by atoms with Crippen molar-refractivity contribution in [1.29, 1.82) is 0 Å². The molecule has 1 aromatic heterocycles. The minimum atomic E-state index is -4.57. The Balaban J connectivity index is 1.43. The van der Waals surface area contributed by atoms with Crippen molar-refractivity contribution in [3.8, 4) is 0 Å². The lowest BCUT2D eigenvalue weighted by Crippen LogP contribution is -2.58. The molecule has 0 N–H and O–H groups in total. The second-order valence-corrected chi connectivity index (χ2v) is 11.0. The van der Waals surface area contributed by atoms with Crippen LogP contribution in [0.25, 0.3) is 17.0 Å². The summed E-state index contributed by atoms with van der Waals surface area (Å²) in [4.78, 5) is 40.2. The Morgan fingerprint density at radius 2 is 1.90 bits per heavy atom. The number of imide groups is 1. The summed E-state index contributed by atoms with van der Waals surface area (Å²) >= 11 is 6.56. The number of nitrogens with zero attached hydrogens (tertiary/aromatic N) is 3. The van der Waals surface area contributed by atoms with Gasteiger partial charge in [-0.05, 0) is 66.1 Å². The molecule has 0 atom stereocenters. The molecular weight excluding hydrogens is 555 g/mol. The second-order valence-electron chi connectivity index (χ2n) is 9.52. The van der Waals surface area contributed by atoms with E-state index in [9.17, 15) is 27.6 Å². The van der Waals surface area contributed by atoms with Gasteiger partial charge in [0.2, 0.25) is 0 Å². The Morgan fingerprint density at radius 3 is 2.59 bits per heavy atom. The zero-order chi connectivity index (χ0) is 27.9. The van der Waals surface area contributed by atoms with Gasteiger partial charge in [-0.2, -0.15) is 18.3 Å². The van der Waals surface area contributed by atoms with Gasteiger partial charge in [0.05, 0.1) is 35.8 Å². The molecule has 1 saturated heterocycles. The van der Waals surface area contributed by atoms with Gasteiger partial charge in [-0.25, -0.2) is 4.79 Å². The summed E-state index contributed by atoms with van der Waals surface area (Å²) < 4.78 is 47.0. The number of carbonyl (C=O) groups is 3. The maximum absolute atomic E-state index is 13.5. The van der Waals surface area contributed by atoms with Crippen molar-refractivity contribution < 1.29 is 32.3 Å². The lowest BCUT2D eigenvalue weighted by Gasteiger charge is -2.39. The molecule has 7 nitrogen and oxygen atoms in total. The van der Waals surface area contributed by atoms with E-state index in [1.54, 1.807) is 24.3 Å². The number of aromatic nitrogens is 2. The van der Waals surface area contributed by atoms with Gasteiger partial charge in [-0.1, -0.05) is 43.0 Å². The largest absolute Gasteiger partial charge is 0.467 e. The summed E-state index contributed by atoms with van der Waals surface area (Å²) in [6.07, 6.45) is 1.57. The van der Waals surface area contributed by atoms with E-state index in [1.807, 2.05) is 0 Å². The number of esters is 1. The van der Waals surface area contributed by atoms with Crippen molar-refractivity contribution in [2.45, 2.75) is 50.4 Å². The Hall–Kier alpha value is -3.31. The average Bonchev–Trinajstić information content (AvgIpc) is 3.43. The number of benzene rings is 2. The van der Waals surface area contributed by atoms with Gasteiger partial charge in [0, 0.05) is 10.4 Å². The van der Waals surface area contributed by atoms with Crippen molar-refractivity contribution in [3.05, 3.63) is 69.2 Å². The van der Waals surface area contributed by atoms with Crippen molar-refractivity contribution >= 4 is 57.5 Å². The molecule has 2 amide bonds. The number of hydrogen-bond acceptors (Lipinski definition) is 6. The number of hydrogen-bond donors (Lipinski definition) is 0. The molecule has 39 heavy (non-hydrogen) atoms. The fraction of sp³-hybridized carbons (Fsp3) is 0.333. The van der Waals surface area contributed by atoms with Crippen LogP contribution in [0, 0.1) is 0 Å². The molecule has 1 aliphatic carbocycles. The van der Waals surface area contributed by atoms with Crippen molar-refractivity contribution in [1.82, 2.24) is 14.7 Å². The van der Waals surface area contributed by atoms with Gasteiger partial charge in [-0.3, -0.25) is 19.2 Å². The lowest BCUT2D eigenvalue weighted by atomic mass is 9.80. The maximum atomic E-state index is 13.5. The third-order valence-corrected chi connectivity index (χ3v) is 8.23. The second kappa shape index (κ2) is 10.3. The minimum absolute atomic E-state index is 0.00792. The lowest BCUT2D eigenvalue weighted by molar-refractivity contribution is -0.159. The Labute approximate surface area is 230 Å². The SMILES string of the molecule is COC(=O)C1(N2C(=O)S/C(=C\c3ccc4c(cnn4Cc4ccc(Cl)cc4C(F)(F)F)c3)C2=O)CCCCC1. The normalized spacial score (nSPS) is 18.8. The van der Waals surface area contributed by atoms with Gasteiger partial charge in [0.15, 0.2) is 0 Å². The molecule has 2 fully saturated rings. The van der Waals surface area contributed by atoms with Crippen molar-refractivity contribution in [2.75, 3.05) is 7.11 Å². The number of ether oxygens (including phenoxy) is 1. The molecule has 3 aromatic rings. The molecule has 1 saturated carbocycles. The third kappa shape index (κ3) is 5.05. The van der Waals surface area contributed by atoms with E-state index in [4.69, 9.17) is 16.3 Å². The van der Waals surface area contributed by atoms with Gasteiger partial charge < -0.3 is 4.74 Å². The molecule has 12 heteroatoms. The van der Waals surface area contributed by atoms with Crippen molar-refractivity contribution in [2.24, 2.45) is 0 Å². The fourth-order valence-corrected chi connectivity index (χ4v) is 6.35. The zero-order valence-corrected chi connectivity index (χ0v) is 22.3. The number of carbonyl (C=O) groups excluding carboxylic acids is 3. The number of methoxy groups -OCH3 is 1. The minimum Gasteiger partial charge on any atom is -0.467 e. The van der Waals surface area contributed by atoms with E-state index in [2.05, 4.69) is 5.10 Å². The highest BCUT2D eigenvalue weighted by Crippen LogP contribution is 2.43. The first-order valence-corrected chi connectivity index (χ1v) is 13.4. The molecule has 2 aliphatic rings. The highest BCUT2D eigenvalue weighted by atomic mass is 35.5. The monoisotopic (exact) mass is 577 g/mol. The summed E-state index contributed by atoms with van der Waals surface area (Å²) in [6, 6.07) is 8.74. The first-order chi connectivity index (χ1) is 18.5. The van der Waals surface area contributed by atoms with Crippen LogP contribution in [-0.2, 0) is 27.0 Å². The summed E-state index contributed by atoms with van der Waals surface area (Å²) in [6.45, 7) is -0.122. The maximum Gasteiger partial charge on any atom is 0.416 e. The first-order valence-electron chi connectivity index (χ1n) is 12.2. The van der Waals surface area contributed by atoms with Crippen LogP contribution in [0.1, 0.15) is 48.8 Å². The fourth-order valence-electron chi connectivity index (χ4n) is 5.27. The summed E-state index contributed by atoms with van der Waals surface area (Å²) in [5.41, 5.74) is -0.905. The van der Waals surface area contributed by atoms with E-state index in [-0.39, 0.29) is 22.0 Å². The van der Waals surface area contributed by atoms with Crippen LogP contribution < -0.4 is 0 Å². The number of halogens is 4. The number of fused-ring (bicyclic) bond motifs is 1. The smallest absolute Gasteiger partial charge is 0.416 e. The average molecular weight is 578 g/mol. The molecule has 1 aliphatic heterocycles. The Morgan fingerprint density at radius 1 is 1.15 bits per heavy atom. The van der Waals surface area contributed by atoms with Crippen LogP contribution in [0.3, 0.4) is 0 Å². The highest BCUT2D eigenvalue weighted by Gasteiger charge is 2.54. The predicted molar refractivity (Wildman–Crippen MR) is 141 cm³/mol. The van der Waals surface area contributed by atoms with Crippen LogP contribution in [0.4, 0.5) is 18.0 Å². The van der Waals surface area contributed by atoms with E-state index < -0.39 is 34.4 Å². The van der Waals surface area contributed by atoms with E-state index in [0.29, 0.717) is 42.1 Å². The Bertz CT molecular complexity index is 1510. The van der Waals surface area contributed by atoms with Crippen LogP contribution >= 0.6 is 23.4 Å². The predicted octanol–water partition coefficient (Wildman–Crippen LogP) is 6.67. The molecular formula is C27H23ClF3N3O4S. The molecule has 204 valence electrons. The van der Waals surface area contributed by atoms with Crippen LogP contribution in [0.5, 0.6) is 0 Å². The standard InChI is InChI=1S/C27H23ClF3N3O4S/c1-38-24(36)26(9-3-2-4-10-26)34-23(35)22(39-25(34)37)12-16-5-8-21-18(11-16)14-32-33(21)15-17-6-7-19(28)13-20(17)27(29,30)31/h5-8,11-14H,2-4,9-10,15H2,1H3/b22-12-. The molecule has 0 radical (unpaired) electrons. The van der Waals surface area contributed by atoms with E-state index in [1.165, 1.54) is 30.1 Å². The van der Waals surface area contributed by atoms with Crippen LogP contribution in [-0.4, -0.2) is 44.4 Å². The third-order valence-electron chi connectivity index (χ3n) is 7.13. The van der Waals surface area contributed by atoms with Gasteiger partial charge in [0.25, 0.3) is 11.1 Å². The van der Waals surface area contributed by atoms with Crippen molar-refractivity contribution in [3.63, 3.8) is 0 Å². The molecule has 0 bridgehead atoms. The van der Waals surface area contributed by atoms with Crippen LogP contribution in [0.15, 0.2) is 47.5 Å². The number of rotatable bonds is 5. The summed E-state index contributed by atoms with van der Waals surface area (Å²) in [5, 5.41) is 4.37. The quantitative estimate of drug-likeness (QED) is 0.249. The topological polar surface area (TPSA) is 81.5 Å². The number of alkyl halides is 3. The van der Waals surface area contributed by atoms with Crippen LogP contribution in [0.2, 0.25) is 5.02 Å². The molecule has 5 rings (SSSR count). The summed E-state index contributed by atoms with van der Waals surface area (Å²) in [7, 11) is 1.25. The molecule has 0 unspecified atom stereocenters. The molecule has 0 spiro atoms. The van der Waals surface area contributed by atoms with Gasteiger partial charge >= 0.3 is 12.1 Å². The Kier molecular flexibility index (Phi) is 7.23. The number of thioether (sulfide) groups is 1. The zero-order valence-electron chi connectivity index (χ0n) is 20.8. The summed E-state index contributed by atoms with van der Waals surface area (Å²) in [5.74, 6) is -1.13. The number of amides is 2. The highest BCUT2D eigenvalue weighted by molar-refractivity contribution is 8.18. The van der Waals surface area contributed by atoms with Gasteiger partial charge in [-0.15, -0.1) is 0 Å². The van der Waals surface area contributed by atoms with E-state index >= 15 is 0 Å². The molecule has 2 aromatic carbocycles. The molecule has 2 heterocycles. The van der Waals surface area contributed by atoms with E-state index in [0.717, 1.165) is 29.1 Å². The first kappa shape index (κ1) is 27.3. The van der Waals surface area contributed by atoms with Gasteiger partial charge in [0.1, 0.15) is 5.54 Å².